The second-order valence-corrected chi connectivity index (χ2v) is 4.34. The molecule has 0 spiro atoms. The lowest BCUT2D eigenvalue weighted by Gasteiger charge is -2.25. The maximum atomic E-state index is 5.66. The van der Waals surface area contributed by atoms with Crippen molar-refractivity contribution in [2.45, 2.75) is 31.9 Å². The highest BCUT2D eigenvalue weighted by atomic mass is 79.9. The van der Waals surface area contributed by atoms with Crippen LogP contribution in [0.15, 0.2) is 16.7 Å². The number of rotatable bonds is 3. The molecule has 0 radical (unpaired) electrons. The minimum absolute atomic E-state index is 0.370. The number of nitrogens with zero attached hydrogens (tertiary/aromatic N) is 1. The molecule has 0 aromatic carbocycles. The summed E-state index contributed by atoms with van der Waals surface area (Å²) in [5.41, 5.74) is 6.62. The summed E-state index contributed by atoms with van der Waals surface area (Å²) in [7, 11) is 0. The molecular formula is C10H13BrN2O. The molecule has 0 saturated heterocycles. The maximum Gasteiger partial charge on any atom is 0.213 e. The number of aromatic nitrogens is 1. The van der Waals surface area contributed by atoms with Crippen LogP contribution in [-0.2, 0) is 6.54 Å². The van der Waals surface area contributed by atoms with Crippen molar-refractivity contribution in [2.24, 2.45) is 5.73 Å². The van der Waals surface area contributed by atoms with Gasteiger partial charge in [-0.05, 0) is 40.8 Å². The van der Waals surface area contributed by atoms with E-state index in [4.69, 9.17) is 10.5 Å². The van der Waals surface area contributed by atoms with Crippen LogP contribution in [0.5, 0.6) is 5.88 Å². The third-order valence-electron chi connectivity index (χ3n) is 2.47. The highest BCUT2D eigenvalue weighted by molar-refractivity contribution is 9.10. The predicted molar refractivity (Wildman–Crippen MR) is 58.1 cm³/mol. The Morgan fingerprint density at radius 3 is 2.93 bits per heavy atom. The van der Waals surface area contributed by atoms with Crippen molar-refractivity contribution in [1.29, 1.82) is 0 Å². The normalized spacial score (nSPS) is 16.4. The zero-order valence-electron chi connectivity index (χ0n) is 7.87. The van der Waals surface area contributed by atoms with Crippen LogP contribution < -0.4 is 10.5 Å². The molecule has 1 aliphatic carbocycles. The number of halogens is 1. The van der Waals surface area contributed by atoms with Crippen molar-refractivity contribution in [3.63, 3.8) is 0 Å². The molecule has 0 bridgehead atoms. The minimum Gasteiger partial charge on any atom is -0.474 e. The van der Waals surface area contributed by atoms with E-state index in [9.17, 15) is 0 Å². The Morgan fingerprint density at radius 1 is 1.57 bits per heavy atom. The molecule has 1 aliphatic rings. The van der Waals surface area contributed by atoms with Crippen LogP contribution >= 0.6 is 15.9 Å². The van der Waals surface area contributed by atoms with Crippen LogP contribution in [-0.4, -0.2) is 11.1 Å². The molecule has 0 unspecified atom stereocenters. The van der Waals surface area contributed by atoms with Crippen LogP contribution in [0.1, 0.15) is 24.8 Å². The third kappa shape index (κ3) is 2.07. The van der Waals surface area contributed by atoms with Gasteiger partial charge in [0.1, 0.15) is 6.10 Å². The van der Waals surface area contributed by atoms with Crippen molar-refractivity contribution in [3.05, 3.63) is 22.3 Å². The fourth-order valence-electron chi connectivity index (χ4n) is 1.34. The second-order valence-electron chi connectivity index (χ2n) is 3.49. The lowest BCUT2D eigenvalue weighted by molar-refractivity contribution is 0.114. The number of hydrogen-bond acceptors (Lipinski definition) is 3. The van der Waals surface area contributed by atoms with E-state index in [-0.39, 0.29) is 0 Å². The number of nitrogens with two attached hydrogens (primary N) is 1. The van der Waals surface area contributed by atoms with Gasteiger partial charge >= 0.3 is 0 Å². The lowest BCUT2D eigenvalue weighted by Crippen LogP contribution is -2.25. The Labute approximate surface area is 91.8 Å². The average molecular weight is 257 g/mol. The highest BCUT2D eigenvalue weighted by Crippen LogP contribution is 2.26. The van der Waals surface area contributed by atoms with Gasteiger partial charge in [-0.1, -0.05) is 0 Å². The van der Waals surface area contributed by atoms with Gasteiger partial charge in [-0.3, -0.25) is 0 Å². The van der Waals surface area contributed by atoms with Crippen molar-refractivity contribution in [3.8, 4) is 5.88 Å². The van der Waals surface area contributed by atoms with E-state index in [0.29, 0.717) is 18.5 Å². The van der Waals surface area contributed by atoms with Gasteiger partial charge in [0.2, 0.25) is 5.88 Å². The van der Waals surface area contributed by atoms with Gasteiger partial charge < -0.3 is 10.5 Å². The lowest BCUT2D eigenvalue weighted by atomic mass is 9.96. The van der Waals surface area contributed by atoms with E-state index in [1.165, 1.54) is 6.42 Å². The topological polar surface area (TPSA) is 48.1 Å². The van der Waals surface area contributed by atoms with Crippen molar-refractivity contribution in [1.82, 2.24) is 4.98 Å². The molecule has 1 aromatic heterocycles. The molecule has 1 fully saturated rings. The summed E-state index contributed by atoms with van der Waals surface area (Å²) < 4.78 is 6.61. The largest absolute Gasteiger partial charge is 0.474 e. The van der Waals surface area contributed by atoms with Gasteiger partial charge in [-0.15, -0.1) is 0 Å². The van der Waals surface area contributed by atoms with Gasteiger partial charge in [-0.2, -0.15) is 0 Å². The molecule has 0 atom stereocenters. The molecule has 2 rings (SSSR count). The Balaban J connectivity index is 2.09. The van der Waals surface area contributed by atoms with E-state index in [2.05, 4.69) is 20.9 Å². The Kier molecular flexibility index (Phi) is 3.03. The number of ether oxygens (including phenoxy) is 1. The van der Waals surface area contributed by atoms with E-state index < -0.39 is 0 Å². The molecular weight excluding hydrogens is 244 g/mol. The average Bonchev–Trinajstić information content (AvgIpc) is 2.14. The monoisotopic (exact) mass is 256 g/mol. The standard InChI is InChI=1S/C10H13BrN2O/c11-9-6-13-10(4-7(9)5-12)14-8-2-1-3-8/h4,6,8H,1-3,5,12H2. The summed E-state index contributed by atoms with van der Waals surface area (Å²) in [6.07, 6.45) is 5.68. The van der Waals surface area contributed by atoms with E-state index in [0.717, 1.165) is 22.9 Å². The smallest absolute Gasteiger partial charge is 0.213 e. The summed E-state index contributed by atoms with van der Waals surface area (Å²) in [6, 6.07) is 1.91. The SMILES string of the molecule is NCc1cc(OC2CCC2)ncc1Br. The molecule has 1 aromatic rings. The second kappa shape index (κ2) is 4.28. The zero-order valence-corrected chi connectivity index (χ0v) is 9.46. The Bertz CT molecular complexity index is 326. The summed E-state index contributed by atoms with van der Waals surface area (Å²) in [5.74, 6) is 0.693. The fraction of sp³-hybridized carbons (Fsp3) is 0.500. The zero-order chi connectivity index (χ0) is 9.97. The van der Waals surface area contributed by atoms with Gasteiger partial charge in [0.05, 0.1) is 0 Å². The van der Waals surface area contributed by atoms with Crippen molar-refractivity contribution in [2.75, 3.05) is 0 Å². The van der Waals surface area contributed by atoms with E-state index in [1.807, 2.05) is 6.07 Å². The number of pyridine rings is 1. The predicted octanol–water partition coefficient (Wildman–Crippen LogP) is 2.23. The highest BCUT2D eigenvalue weighted by Gasteiger charge is 2.19. The van der Waals surface area contributed by atoms with E-state index in [1.54, 1.807) is 6.20 Å². The number of hydrogen-bond donors (Lipinski definition) is 1. The Hall–Kier alpha value is -0.610. The van der Waals surface area contributed by atoms with Gasteiger partial charge in [0.15, 0.2) is 0 Å². The van der Waals surface area contributed by atoms with Crippen LogP contribution in [0.2, 0.25) is 0 Å². The molecule has 0 aliphatic heterocycles. The van der Waals surface area contributed by atoms with Crippen LogP contribution in [0.4, 0.5) is 0 Å². The molecule has 2 N–H and O–H groups in total. The molecule has 76 valence electrons. The Morgan fingerprint density at radius 2 is 2.36 bits per heavy atom. The first-order valence-electron chi connectivity index (χ1n) is 4.80. The molecule has 4 heteroatoms. The first-order chi connectivity index (χ1) is 6.79. The van der Waals surface area contributed by atoms with Crippen LogP contribution in [0.25, 0.3) is 0 Å². The molecule has 3 nitrogen and oxygen atoms in total. The van der Waals surface area contributed by atoms with Crippen LogP contribution in [0, 0.1) is 0 Å². The van der Waals surface area contributed by atoms with Crippen molar-refractivity contribution < 1.29 is 4.74 Å². The molecule has 1 heterocycles. The van der Waals surface area contributed by atoms with Crippen LogP contribution in [0.3, 0.4) is 0 Å². The first kappa shape index (κ1) is 9.93. The summed E-state index contributed by atoms with van der Waals surface area (Å²) in [5, 5.41) is 0. The molecule has 0 amide bonds. The summed E-state index contributed by atoms with van der Waals surface area (Å²) >= 11 is 3.39. The molecule has 1 saturated carbocycles. The summed E-state index contributed by atoms with van der Waals surface area (Å²) in [4.78, 5) is 4.18. The minimum atomic E-state index is 0.370. The van der Waals surface area contributed by atoms with Gasteiger partial charge in [0.25, 0.3) is 0 Å². The van der Waals surface area contributed by atoms with Gasteiger partial charge in [0, 0.05) is 23.3 Å². The van der Waals surface area contributed by atoms with Crippen molar-refractivity contribution >= 4 is 15.9 Å². The summed E-state index contributed by atoms with van der Waals surface area (Å²) in [6.45, 7) is 0.504. The molecule has 14 heavy (non-hydrogen) atoms. The van der Waals surface area contributed by atoms with E-state index >= 15 is 0 Å². The quantitative estimate of drug-likeness (QED) is 0.903. The first-order valence-corrected chi connectivity index (χ1v) is 5.60. The fourth-order valence-corrected chi connectivity index (χ4v) is 1.72. The third-order valence-corrected chi connectivity index (χ3v) is 3.18. The van der Waals surface area contributed by atoms with Gasteiger partial charge in [-0.25, -0.2) is 4.98 Å². The maximum absolute atomic E-state index is 5.66.